The predicted octanol–water partition coefficient (Wildman–Crippen LogP) is 2.32. The van der Waals surface area contributed by atoms with Crippen molar-refractivity contribution in [1.29, 1.82) is 0 Å². The zero-order valence-electron chi connectivity index (χ0n) is 17.2. The molecular weight excluding hydrogens is 372 g/mol. The molecule has 0 radical (unpaired) electrons. The Hall–Kier alpha value is -1.47. The number of carbonyl (C=O) groups excluding carboxylic acids is 3. The first-order valence-corrected chi connectivity index (χ1v) is 10.7. The van der Waals surface area contributed by atoms with Crippen molar-refractivity contribution in [3.63, 3.8) is 0 Å². The van der Waals surface area contributed by atoms with Crippen molar-refractivity contribution in [2.24, 2.45) is 11.8 Å². The Morgan fingerprint density at radius 3 is 2.45 bits per heavy atom. The second-order valence-electron chi connectivity index (χ2n) is 8.70. The molecule has 0 spiro atoms. The third-order valence-corrected chi connectivity index (χ3v) is 6.74. The minimum absolute atomic E-state index is 0. The van der Waals surface area contributed by atoms with Crippen LogP contribution in [0.15, 0.2) is 0 Å². The van der Waals surface area contributed by atoms with E-state index < -0.39 is 11.5 Å². The number of nitrogens with zero attached hydrogens (tertiary/aromatic N) is 1. The summed E-state index contributed by atoms with van der Waals surface area (Å²) in [7, 11) is 0. The fraction of sp³-hybridized carbons (Fsp3) is 0.864. The van der Waals surface area contributed by atoms with Crippen molar-refractivity contribution in [3.8, 4) is 0 Å². The van der Waals surface area contributed by atoms with Crippen LogP contribution in [0.3, 0.4) is 0 Å². The van der Waals surface area contributed by atoms with Gasteiger partial charge < -0.3 is 19.7 Å². The van der Waals surface area contributed by atoms with Crippen molar-refractivity contribution >= 4 is 17.6 Å². The van der Waals surface area contributed by atoms with E-state index in [0.717, 1.165) is 12.8 Å². The molecule has 29 heavy (non-hydrogen) atoms. The maximum atomic E-state index is 13.2. The van der Waals surface area contributed by atoms with Crippen molar-refractivity contribution in [1.82, 2.24) is 10.2 Å². The summed E-state index contributed by atoms with van der Waals surface area (Å²) in [5, 5.41) is 2.94. The van der Waals surface area contributed by atoms with E-state index in [4.69, 9.17) is 9.47 Å². The van der Waals surface area contributed by atoms with Gasteiger partial charge in [0, 0.05) is 25.4 Å². The monoisotopic (exact) mass is 410 g/mol. The first-order chi connectivity index (χ1) is 13.4. The highest BCUT2D eigenvalue weighted by molar-refractivity contribution is 5.96. The predicted molar refractivity (Wildman–Crippen MR) is 110 cm³/mol. The van der Waals surface area contributed by atoms with Crippen molar-refractivity contribution < 1.29 is 23.9 Å². The SMILES string of the molecule is C.C[C@H]1OCC(=O)[C@]1(C)NC(=O)[C@@H](CC(=O)N1CCOCC1)CC1CCCCC1. The standard InChI is InChI=1S/C21H34N2O5.CH4/c1-15-21(2,18(24)14-28-15)22-20(26)17(12-16-6-4-3-5-7-16)13-19(25)23-8-10-27-11-9-23;/h15-17H,3-14H2,1-2H3,(H,22,26);1H4/t15-,17-,21-;/m1./s1. The average Bonchev–Trinajstić information content (AvgIpc) is 2.96. The number of ketones is 1. The van der Waals surface area contributed by atoms with E-state index in [1.165, 1.54) is 19.3 Å². The lowest BCUT2D eigenvalue weighted by molar-refractivity contribution is -0.141. The Balaban J connectivity index is 0.00000300. The summed E-state index contributed by atoms with van der Waals surface area (Å²) in [6.45, 7) is 5.82. The molecule has 1 saturated carbocycles. The molecule has 3 rings (SSSR count). The molecule has 0 bridgehead atoms. The second-order valence-corrected chi connectivity index (χ2v) is 8.70. The number of Topliss-reactive ketones (excluding diaryl/α,β-unsaturated/α-hetero) is 1. The van der Waals surface area contributed by atoms with E-state index >= 15 is 0 Å². The molecule has 0 aromatic rings. The van der Waals surface area contributed by atoms with E-state index in [9.17, 15) is 14.4 Å². The number of hydrogen-bond donors (Lipinski definition) is 1. The van der Waals surface area contributed by atoms with Crippen LogP contribution in [0.25, 0.3) is 0 Å². The Bertz CT molecular complexity index is 584. The molecule has 1 N–H and O–H groups in total. The molecule has 3 fully saturated rings. The maximum Gasteiger partial charge on any atom is 0.224 e. The zero-order chi connectivity index (χ0) is 20.1. The van der Waals surface area contributed by atoms with Gasteiger partial charge in [0.15, 0.2) is 5.78 Å². The lowest BCUT2D eigenvalue weighted by Gasteiger charge is -2.33. The Labute approximate surface area is 174 Å². The number of nitrogens with one attached hydrogen (secondary N) is 1. The normalized spacial score (nSPS) is 29.2. The quantitative estimate of drug-likeness (QED) is 0.726. The highest BCUT2D eigenvalue weighted by atomic mass is 16.5. The van der Waals surface area contributed by atoms with Crippen LogP contribution in [0.1, 0.15) is 66.2 Å². The van der Waals surface area contributed by atoms with Crippen LogP contribution in [-0.4, -0.2) is 67.1 Å². The molecule has 7 heteroatoms. The number of ether oxygens (including phenoxy) is 2. The van der Waals surface area contributed by atoms with E-state index in [-0.39, 0.29) is 44.2 Å². The summed E-state index contributed by atoms with van der Waals surface area (Å²) >= 11 is 0. The summed E-state index contributed by atoms with van der Waals surface area (Å²) in [5.41, 5.74) is -1.01. The minimum atomic E-state index is -1.01. The minimum Gasteiger partial charge on any atom is -0.378 e. The Morgan fingerprint density at radius 2 is 1.86 bits per heavy atom. The van der Waals surface area contributed by atoms with Gasteiger partial charge in [0.25, 0.3) is 0 Å². The van der Waals surface area contributed by atoms with Gasteiger partial charge in [0.05, 0.1) is 19.3 Å². The summed E-state index contributed by atoms with van der Waals surface area (Å²) in [6.07, 6.45) is 6.41. The van der Waals surface area contributed by atoms with Crippen LogP contribution in [0, 0.1) is 11.8 Å². The molecular formula is C22H38N2O5. The molecule has 3 atom stereocenters. The largest absolute Gasteiger partial charge is 0.378 e. The molecule has 2 heterocycles. The van der Waals surface area contributed by atoms with Crippen LogP contribution in [-0.2, 0) is 23.9 Å². The number of rotatable bonds is 6. The van der Waals surface area contributed by atoms with Gasteiger partial charge in [0.1, 0.15) is 12.1 Å². The molecule has 0 aromatic carbocycles. The van der Waals surface area contributed by atoms with Gasteiger partial charge in [-0.1, -0.05) is 39.5 Å². The van der Waals surface area contributed by atoms with Gasteiger partial charge in [-0.2, -0.15) is 0 Å². The number of morpholine rings is 1. The van der Waals surface area contributed by atoms with Crippen molar-refractivity contribution in [3.05, 3.63) is 0 Å². The van der Waals surface area contributed by atoms with Crippen LogP contribution < -0.4 is 5.32 Å². The summed E-state index contributed by atoms with van der Waals surface area (Å²) < 4.78 is 10.8. The topological polar surface area (TPSA) is 84.9 Å². The zero-order valence-corrected chi connectivity index (χ0v) is 17.2. The lowest BCUT2D eigenvalue weighted by Crippen LogP contribution is -2.57. The number of hydrogen-bond acceptors (Lipinski definition) is 5. The fourth-order valence-corrected chi connectivity index (χ4v) is 4.53. The molecule has 7 nitrogen and oxygen atoms in total. The Kier molecular flexibility index (Phi) is 8.64. The third kappa shape index (κ3) is 5.79. The number of amides is 2. The Morgan fingerprint density at radius 1 is 1.21 bits per heavy atom. The van der Waals surface area contributed by atoms with Gasteiger partial charge in [-0.3, -0.25) is 14.4 Å². The van der Waals surface area contributed by atoms with E-state index in [2.05, 4.69) is 5.32 Å². The summed E-state index contributed by atoms with van der Waals surface area (Å²) in [4.78, 5) is 40.1. The first kappa shape index (κ1) is 23.8. The van der Waals surface area contributed by atoms with Gasteiger partial charge >= 0.3 is 0 Å². The van der Waals surface area contributed by atoms with Gasteiger partial charge in [-0.05, 0) is 26.2 Å². The molecule has 2 amide bonds. The molecule has 166 valence electrons. The molecule has 2 saturated heterocycles. The van der Waals surface area contributed by atoms with E-state index in [1.54, 1.807) is 18.7 Å². The molecule has 0 unspecified atom stereocenters. The van der Waals surface area contributed by atoms with Gasteiger partial charge in [0.2, 0.25) is 11.8 Å². The first-order valence-electron chi connectivity index (χ1n) is 10.7. The third-order valence-electron chi connectivity index (χ3n) is 6.74. The fourth-order valence-electron chi connectivity index (χ4n) is 4.53. The average molecular weight is 411 g/mol. The van der Waals surface area contributed by atoms with Crippen LogP contribution in [0.4, 0.5) is 0 Å². The number of carbonyl (C=O) groups is 3. The van der Waals surface area contributed by atoms with Crippen LogP contribution in [0.5, 0.6) is 0 Å². The van der Waals surface area contributed by atoms with Gasteiger partial charge in [-0.15, -0.1) is 0 Å². The second kappa shape index (κ2) is 10.5. The highest BCUT2D eigenvalue weighted by Gasteiger charge is 2.47. The van der Waals surface area contributed by atoms with E-state index in [0.29, 0.717) is 38.6 Å². The van der Waals surface area contributed by atoms with Crippen molar-refractivity contribution in [2.45, 2.75) is 77.9 Å². The molecule has 3 aliphatic rings. The van der Waals surface area contributed by atoms with Crippen LogP contribution >= 0.6 is 0 Å². The summed E-state index contributed by atoms with van der Waals surface area (Å²) in [5.74, 6) is -0.227. The molecule has 2 aliphatic heterocycles. The van der Waals surface area contributed by atoms with Crippen LogP contribution in [0.2, 0.25) is 0 Å². The maximum absolute atomic E-state index is 13.2. The highest BCUT2D eigenvalue weighted by Crippen LogP contribution is 2.31. The molecule has 1 aliphatic carbocycles. The summed E-state index contributed by atoms with van der Waals surface area (Å²) in [6, 6.07) is 0. The van der Waals surface area contributed by atoms with E-state index in [1.807, 2.05) is 0 Å². The smallest absolute Gasteiger partial charge is 0.224 e. The lowest BCUT2D eigenvalue weighted by atomic mass is 9.81. The van der Waals surface area contributed by atoms with Crippen molar-refractivity contribution in [2.75, 3.05) is 32.9 Å². The van der Waals surface area contributed by atoms with Gasteiger partial charge in [-0.25, -0.2) is 0 Å². The molecule has 0 aromatic heterocycles.